The van der Waals surface area contributed by atoms with Gasteiger partial charge in [-0.25, -0.2) is 0 Å². The zero-order valence-corrected chi connectivity index (χ0v) is 10.4. The minimum Gasteiger partial charge on any atom is -0.469 e. The summed E-state index contributed by atoms with van der Waals surface area (Å²) in [4.78, 5) is 11.6. The molecule has 3 nitrogen and oxygen atoms in total. The number of methoxy groups -OCH3 is 1. The number of halogens is 1. The molecule has 1 rings (SSSR count). The molecule has 0 unspecified atom stereocenters. The average Bonchev–Trinajstić information content (AvgIpc) is 2.28. The van der Waals surface area contributed by atoms with Crippen molar-refractivity contribution in [3.63, 3.8) is 0 Å². The summed E-state index contributed by atoms with van der Waals surface area (Å²) >= 11 is 5.79. The molecule has 4 heteroatoms. The monoisotopic (exact) mass is 241 g/mol. The maximum absolute atomic E-state index is 11.6. The van der Waals surface area contributed by atoms with Crippen LogP contribution in [-0.4, -0.2) is 13.1 Å². The number of hydrogen-bond donors (Lipinski definition) is 1. The minimum atomic E-state index is -0.761. The van der Waals surface area contributed by atoms with Crippen molar-refractivity contribution >= 4 is 17.6 Å². The summed E-state index contributed by atoms with van der Waals surface area (Å²) < 4.78 is 4.74. The zero-order chi connectivity index (χ0) is 12.3. The molecule has 0 aliphatic rings. The van der Waals surface area contributed by atoms with Crippen LogP contribution in [0.2, 0.25) is 5.02 Å². The van der Waals surface area contributed by atoms with Crippen LogP contribution in [0, 0.1) is 5.41 Å². The molecule has 16 heavy (non-hydrogen) atoms. The van der Waals surface area contributed by atoms with Gasteiger partial charge >= 0.3 is 5.97 Å². The number of hydrogen-bond acceptors (Lipinski definition) is 3. The molecule has 0 saturated carbocycles. The molecule has 1 atom stereocenters. The first-order valence-electron chi connectivity index (χ1n) is 4.99. The van der Waals surface area contributed by atoms with Crippen molar-refractivity contribution in [3.05, 3.63) is 34.9 Å². The Kier molecular flexibility index (Phi) is 3.94. The normalized spacial score (nSPS) is 13.3. The SMILES string of the molecule is COC(=O)C(C)(C)[C@@H](N)c1ccc(Cl)cc1. The number of carbonyl (C=O) groups is 1. The summed E-state index contributed by atoms with van der Waals surface area (Å²) in [7, 11) is 1.36. The maximum atomic E-state index is 11.6. The van der Waals surface area contributed by atoms with Gasteiger partial charge in [0.2, 0.25) is 0 Å². The Bertz CT molecular complexity index is 373. The molecule has 0 spiro atoms. The van der Waals surface area contributed by atoms with E-state index in [0.29, 0.717) is 5.02 Å². The molecule has 0 saturated heterocycles. The third-order valence-electron chi connectivity index (χ3n) is 2.72. The number of esters is 1. The lowest BCUT2D eigenvalue weighted by Crippen LogP contribution is -2.37. The Morgan fingerprint density at radius 1 is 1.38 bits per heavy atom. The van der Waals surface area contributed by atoms with E-state index in [4.69, 9.17) is 22.1 Å². The highest BCUT2D eigenvalue weighted by Gasteiger charge is 2.36. The van der Waals surface area contributed by atoms with Gasteiger partial charge in [0.05, 0.1) is 12.5 Å². The summed E-state index contributed by atoms with van der Waals surface area (Å²) in [6.45, 7) is 3.52. The molecule has 0 bridgehead atoms. The van der Waals surface area contributed by atoms with Crippen molar-refractivity contribution in [1.82, 2.24) is 0 Å². The highest BCUT2D eigenvalue weighted by Crippen LogP contribution is 2.32. The van der Waals surface area contributed by atoms with Crippen molar-refractivity contribution in [2.24, 2.45) is 11.1 Å². The van der Waals surface area contributed by atoms with Crippen molar-refractivity contribution in [2.75, 3.05) is 7.11 Å². The Morgan fingerprint density at radius 2 is 1.88 bits per heavy atom. The van der Waals surface area contributed by atoms with Gasteiger partial charge in [0.15, 0.2) is 0 Å². The van der Waals surface area contributed by atoms with E-state index in [-0.39, 0.29) is 5.97 Å². The fourth-order valence-corrected chi connectivity index (χ4v) is 1.60. The number of ether oxygens (including phenoxy) is 1. The van der Waals surface area contributed by atoms with E-state index in [0.717, 1.165) is 5.56 Å². The molecular formula is C12H16ClNO2. The van der Waals surface area contributed by atoms with Crippen LogP contribution >= 0.6 is 11.6 Å². The first-order valence-corrected chi connectivity index (χ1v) is 5.37. The van der Waals surface area contributed by atoms with E-state index in [2.05, 4.69) is 0 Å². The van der Waals surface area contributed by atoms with Gasteiger partial charge in [-0.15, -0.1) is 0 Å². The second-order valence-electron chi connectivity index (χ2n) is 4.24. The van der Waals surface area contributed by atoms with Crippen LogP contribution in [-0.2, 0) is 9.53 Å². The van der Waals surface area contributed by atoms with Crippen LogP contribution in [0.25, 0.3) is 0 Å². The number of rotatable bonds is 3. The highest BCUT2D eigenvalue weighted by molar-refractivity contribution is 6.30. The molecule has 0 aromatic heterocycles. The van der Waals surface area contributed by atoms with Gasteiger partial charge in [-0.2, -0.15) is 0 Å². The molecule has 1 aromatic rings. The van der Waals surface area contributed by atoms with E-state index in [1.807, 2.05) is 12.1 Å². The Labute approximate surface area is 101 Å². The van der Waals surface area contributed by atoms with Gasteiger partial charge in [0.1, 0.15) is 0 Å². The number of benzene rings is 1. The third-order valence-corrected chi connectivity index (χ3v) is 2.97. The fraction of sp³-hybridized carbons (Fsp3) is 0.417. The summed E-state index contributed by atoms with van der Waals surface area (Å²) in [6, 6.07) is 6.72. The number of carbonyl (C=O) groups excluding carboxylic acids is 1. The van der Waals surface area contributed by atoms with Crippen molar-refractivity contribution in [2.45, 2.75) is 19.9 Å². The van der Waals surface area contributed by atoms with Crippen molar-refractivity contribution < 1.29 is 9.53 Å². The summed E-state index contributed by atoms with van der Waals surface area (Å²) in [6.07, 6.45) is 0. The molecule has 88 valence electrons. The van der Waals surface area contributed by atoms with E-state index in [1.54, 1.807) is 26.0 Å². The Morgan fingerprint density at radius 3 is 2.31 bits per heavy atom. The van der Waals surface area contributed by atoms with Gasteiger partial charge in [0, 0.05) is 11.1 Å². The summed E-state index contributed by atoms with van der Waals surface area (Å²) in [5.74, 6) is -0.324. The molecule has 0 radical (unpaired) electrons. The first kappa shape index (κ1) is 13.0. The van der Waals surface area contributed by atoms with E-state index < -0.39 is 11.5 Å². The first-order chi connectivity index (χ1) is 7.39. The lowest BCUT2D eigenvalue weighted by Gasteiger charge is -2.28. The minimum absolute atomic E-state index is 0.324. The van der Waals surface area contributed by atoms with Crippen LogP contribution < -0.4 is 5.73 Å². The Balaban J connectivity index is 2.97. The van der Waals surface area contributed by atoms with Gasteiger partial charge in [-0.05, 0) is 31.5 Å². The second kappa shape index (κ2) is 4.85. The maximum Gasteiger partial charge on any atom is 0.313 e. The van der Waals surface area contributed by atoms with Crippen LogP contribution in [0.5, 0.6) is 0 Å². The summed E-state index contributed by atoms with van der Waals surface area (Å²) in [5.41, 5.74) is 6.16. The largest absolute Gasteiger partial charge is 0.469 e. The van der Waals surface area contributed by atoms with E-state index in [9.17, 15) is 4.79 Å². The van der Waals surface area contributed by atoms with Crippen LogP contribution in [0.4, 0.5) is 0 Å². The van der Waals surface area contributed by atoms with E-state index in [1.165, 1.54) is 7.11 Å². The molecule has 0 heterocycles. The average molecular weight is 242 g/mol. The number of nitrogens with two attached hydrogens (primary N) is 1. The molecule has 1 aromatic carbocycles. The molecule has 2 N–H and O–H groups in total. The summed E-state index contributed by atoms with van der Waals surface area (Å²) in [5, 5.41) is 0.645. The lowest BCUT2D eigenvalue weighted by molar-refractivity contribution is -0.152. The van der Waals surface area contributed by atoms with Crippen LogP contribution in [0.1, 0.15) is 25.5 Å². The predicted octanol–water partition coefficient (Wildman–Crippen LogP) is 2.54. The van der Waals surface area contributed by atoms with Gasteiger partial charge in [-0.1, -0.05) is 23.7 Å². The van der Waals surface area contributed by atoms with E-state index >= 15 is 0 Å². The van der Waals surface area contributed by atoms with Gasteiger partial charge in [0.25, 0.3) is 0 Å². The third kappa shape index (κ3) is 2.54. The molecular weight excluding hydrogens is 226 g/mol. The van der Waals surface area contributed by atoms with Crippen LogP contribution in [0.3, 0.4) is 0 Å². The molecule has 0 aliphatic heterocycles. The molecule has 0 fully saturated rings. The standard InChI is InChI=1S/C12H16ClNO2/c1-12(2,11(15)16-3)10(14)8-4-6-9(13)7-5-8/h4-7,10H,14H2,1-3H3/t10-/m0/s1. The zero-order valence-electron chi connectivity index (χ0n) is 9.66. The molecule has 0 amide bonds. The van der Waals surface area contributed by atoms with Crippen LogP contribution in [0.15, 0.2) is 24.3 Å². The highest BCUT2D eigenvalue weighted by atomic mass is 35.5. The Hall–Kier alpha value is -1.06. The smallest absolute Gasteiger partial charge is 0.313 e. The topological polar surface area (TPSA) is 52.3 Å². The lowest BCUT2D eigenvalue weighted by atomic mass is 9.81. The van der Waals surface area contributed by atoms with Gasteiger partial charge in [-0.3, -0.25) is 4.79 Å². The van der Waals surface area contributed by atoms with Gasteiger partial charge < -0.3 is 10.5 Å². The van der Waals surface area contributed by atoms with Crippen molar-refractivity contribution in [3.8, 4) is 0 Å². The fourth-order valence-electron chi connectivity index (χ4n) is 1.48. The van der Waals surface area contributed by atoms with Crippen molar-refractivity contribution in [1.29, 1.82) is 0 Å². The second-order valence-corrected chi connectivity index (χ2v) is 4.68. The quantitative estimate of drug-likeness (QED) is 0.828. The predicted molar refractivity (Wildman–Crippen MR) is 64.2 cm³/mol. The molecule has 0 aliphatic carbocycles.